The Morgan fingerprint density at radius 2 is 2.32 bits per heavy atom. The largest absolute Gasteiger partial charge is 0.392 e. The van der Waals surface area contributed by atoms with Crippen molar-refractivity contribution in [2.45, 2.75) is 18.6 Å². The van der Waals surface area contributed by atoms with E-state index >= 15 is 0 Å². The number of aliphatic hydroxyl groups is 1. The van der Waals surface area contributed by atoms with Crippen molar-refractivity contribution in [3.05, 3.63) is 34.1 Å². The topological polar surface area (TPSA) is 104 Å². The molecule has 2 rings (SSSR count). The van der Waals surface area contributed by atoms with Crippen LogP contribution in [0, 0.1) is 15.9 Å². The number of amides is 1. The van der Waals surface area contributed by atoms with Crippen molar-refractivity contribution in [3.63, 3.8) is 0 Å². The second kappa shape index (κ2) is 5.29. The number of nitro groups is 1. The Morgan fingerprint density at radius 3 is 2.89 bits per heavy atom. The highest BCUT2D eigenvalue weighted by molar-refractivity contribution is 5.96. The minimum atomic E-state index is -0.768. The molecule has 102 valence electrons. The van der Waals surface area contributed by atoms with Gasteiger partial charge in [0.25, 0.3) is 5.69 Å². The Balaban J connectivity index is 2.14. The van der Waals surface area contributed by atoms with Gasteiger partial charge in [0, 0.05) is 6.54 Å². The van der Waals surface area contributed by atoms with Crippen LogP contribution < -0.4 is 10.6 Å². The Bertz CT molecular complexity index is 523. The van der Waals surface area contributed by atoms with Gasteiger partial charge < -0.3 is 15.7 Å². The van der Waals surface area contributed by atoms with Gasteiger partial charge in [-0.15, -0.1) is 0 Å². The fourth-order valence-corrected chi connectivity index (χ4v) is 1.90. The summed E-state index contributed by atoms with van der Waals surface area (Å²) in [6, 6.07) is 2.29. The maximum absolute atomic E-state index is 12.9. The maximum atomic E-state index is 12.9. The van der Waals surface area contributed by atoms with E-state index in [2.05, 4.69) is 10.6 Å². The zero-order chi connectivity index (χ0) is 14.0. The number of hydrogen-bond acceptors (Lipinski definition) is 5. The summed E-state index contributed by atoms with van der Waals surface area (Å²) in [7, 11) is 0. The highest BCUT2D eigenvalue weighted by Gasteiger charge is 2.29. The summed E-state index contributed by atoms with van der Waals surface area (Å²) < 4.78 is 12.9. The van der Waals surface area contributed by atoms with Crippen molar-refractivity contribution in [2.24, 2.45) is 0 Å². The van der Waals surface area contributed by atoms with Crippen LogP contribution in [0.3, 0.4) is 0 Å². The Kier molecular flexibility index (Phi) is 3.72. The quantitative estimate of drug-likeness (QED) is 0.544. The lowest BCUT2D eigenvalue weighted by molar-refractivity contribution is -0.384. The van der Waals surface area contributed by atoms with E-state index in [-0.39, 0.29) is 12.1 Å². The van der Waals surface area contributed by atoms with E-state index in [1.807, 2.05) is 0 Å². The van der Waals surface area contributed by atoms with Crippen LogP contribution in [0.25, 0.3) is 0 Å². The van der Waals surface area contributed by atoms with Crippen molar-refractivity contribution >= 4 is 17.3 Å². The molecule has 0 bridgehead atoms. The second-order valence-corrected chi connectivity index (χ2v) is 4.26. The van der Waals surface area contributed by atoms with Crippen molar-refractivity contribution in [1.82, 2.24) is 5.32 Å². The Morgan fingerprint density at radius 1 is 1.58 bits per heavy atom. The number of nitrogens with zero attached hydrogens (tertiary/aromatic N) is 1. The standard InChI is InChI=1S/C11H12FN3O4/c12-6-1-2-8(10(3-6)15(18)19)14-11(17)9-4-7(16)5-13-9/h1-3,7,9,13,16H,4-5H2,(H,14,17). The number of rotatable bonds is 3. The predicted octanol–water partition coefficient (Wildman–Crippen LogP) is 0.395. The van der Waals surface area contributed by atoms with E-state index in [4.69, 9.17) is 0 Å². The average molecular weight is 269 g/mol. The first-order valence-corrected chi connectivity index (χ1v) is 5.63. The number of nitro benzene ring substituents is 1. The summed E-state index contributed by atoms with van der Waals surface area (Å²) in [5.41, 5.74) is -0.577. The molecule has 0 saturated carbocycles. The van der Waals surface area contributed by atoms with Gasteiger partial charge in [-0.2, -0.15) is 0 Å². The number of hydrogen-bond donors (Lipinski definition) is 3. The molecule has 2 unspecified atom stereocenters. The molecule has 0 aliphatic carbocycles. The molecule has 1 saturated heterocycles. The van der Waals surface area contributed by atoms with Crippen molar-refractivity contribution in [2.75, 3.05) is 11.9 Å². The lowest BCUT2D eigenvalue weighted by Gasteiger charge is -2.11. The average Bonchev–Trinajstić information content (AvgIpc) is 2.78. The van der Waals surface area contributed by atoms with Crippen LogP contribution in [0.5, 0.6) is 0 Å². The second-order valence-electron chi connectivity index (χ2n) is 4.26. The van der Waals surface area contributed by atoms with E-state index in [0.29, 0.717) is 6.54 Å². The molecule has 3 N–H and O–H groups in total. The number of nitrogens with one attached hydrogen (secondary N) is 2. The molecule has 1 aliphatic heterocycles. The van der Waals surface area contributed by atoms with Gasteiger partial charge in [0.2, 0.25) is 5.91 Å². The van der Waals surface area contributed by atoms with Crippen LogP contribution in [0.2, 0.25) is 0 Å². The number of halogens is 1. The van der Waals surface area contributed by atoms with Gasteiger partial charge in [-0.25, -0.2) is 4.39 Å². The molecule has 1 amide bonds. The van der Waals surface area contributed by atoms with Crippen LogP contribution in [-0.2, 0) is 4.79 Å². The molecule has 0 radical (unpaired) electrons. The van der Waals surface area contributed by atoms with E-state index < -0.39 is 34.5 Å². The fraction of sp³-hybridized carbons (Fsp3) is 0.364. The first-order valence-electron chi connectivity index (χ1n) is 5.63. The Labute approximate surface area is 107 Å². The number of carbonyl (C=O) groups excluding carboxylic acids is 1. The van der Waals surface area contributed by atoms with E-state index in [1.165, 1.54) is 0 Å². The monoisotopic (exact) mass is 269 g/mol. The lowest BCUT2D eigenvalue weighted by Crippen LogP contribution is -2.35. The first-order chi connectivity index (χ1) is 8.97. The van der Waals surface area contributed by atoms with Crippen molar-refractivity contribution < 1.29 is 19.2 Å². The summed E-state index contributed by atoms with van der Waals surface area (Å²) in [4.78, 5) is 21.8. The molecule has 0 aromatic heterocycles. The van der Waals surface area contributed by atoms with E-state index in [9.17, 15) is 24.4 Å². The summed E-state index contributed by atoms with van der Waals surface area (Å²) >= 11 is 0. The van der Waals surface area contributed by atoms with Crippen molar-refractivity contribution in [1.29, 1.82) is 0 Å². The summed E-state index contributed by atoms with van der Waals surface area (Å²) in [5.74, 6) is -1.25. The van der Waals surface area contributed by atoms with Gasteiger partial charge in [-0.05, 0) is 18.6 Å². The maximum Gasteiger partial charge on any atom is 0.295 e. The molecule has 2 atom stereocenters. The summed E-state index contributed by atoms with van der Waals surface area (Å²) in [6.45, 7) is 0.295. The highest BCUT2D eigenvalue weighted by Crippen LogP contribution is 2.25. The van der Waals surface area contributed by atoms with Gasteiger partial charge in [0.1, 0.15) is 11.5 Å². The number of β-amino-alcohol motifs (C(OH)–C–C–N with tert-alkyl or cyclic N) is 1. The molecule has 1 fully saturated rings. The number of anilines is 1. The highest BCUT2D eigenvalue weighted by atomic mass is 19.1. The smallest absolute Gasteiger partial charge is 0.295 e. The normalized spacial score (nSPS) is 22.2. The molecule has 1 aliphatic rings. The number of aliphatic hydroxyl groups excluding tert-OH is 1. The third kappa shape index (κ3) is 3.04. The SMILES string of the molecule is O=C(Nc1ccc(F)cc1[N+](=O)[O-])C1CC(O)CN1. The summed E-state index contributed by atoms with van der Waals surface area (Å²) in [6.07, 6.45) is -0.375. The van der Waals surface area contributed by atoms with Gasteiger partial charge in [0.15, 0.2) is 0 Å². The van der Waals surface area contributed by atoms with Gasteiger partial charge in [-0.3, -0.25) is 14.9 Å². The molecule has 1 aromatic carbocycles. The van der Waals surface area contributed by atoms with E-state index in [0.717, 1.165) is 18.2 Å². The minimum Gasteiger partial charge on any atom is -0.392 e. The summed E-state index contributed by atoms with van der Waals surface area (Å²) in [5, 5.41) is 25.2. The van der Waals surface area contributed by atoms with Crippen LogP contribution in [-0.4, -0.2) is 34.6 Å². The zero-order valence-electron chi connectivity index (χ0n) is 9.80. The molecular weight excluding hydrogens is 257 g/mol. The van der Waals surface area contributed by atoms with Crippen LogP contribution in [0.1, 0.15) is 6.42 Å². The number of benzene rings is 1. The molecule has 1 heterocycles. The molecule has 1 aromatic rings. The molecule has 19 heavy (non-hydrogen) atoms. The first kappa shape index (κ1) is 13.4. The zero-order valence-corrected chi connectivity index (χ0v) is 9.80. The third-order valence-electron chi connectivity index (χ3n) is 2.84. The number of carbonyl (C=O) groups is 1. The van der Waals surface area contributed by atoms with Crippen LogP contribution in [0.15, 0.2) is 18.2 Å². The third-order valence-corrected chi connectivity index (χ3v) is 2.84. The molecule has 7 nitrogen and oxygen atoms in total. The Hall–Kier alpha value is -2.06. The van der Waals surface area contributed by atoms with Crippen LogP contribution >= 0.6 is 0 Å². The van der Waals surface area contributed by atoms with Gasteiger partial charge in [-0.1, -0.05) is 0 Å². The van der Waals surface area contributed by atoms with Gasteiger partial charge in [0.05, 0.1) is 23.1 Å². The fourth-order valence-electron chi connectivity index (χ4n) is 1.90. The molecule has 8 heteroatoms. The van der Waals surface area contributed by atoms with Crippen LogP contribution in [0.4, 0.5) is 15.8 Å². The lowest BCUT2D eigenvalue weighted by atomic mass is 10.2. The van der Waals surface area contributed by atoms with Gasteiger partial charge >= 0.3 is 0 Å². The van der Waals surface area contributed by atoms with Crippen molar-refractivity contribution in [3.8, 4) is 0 Å². The molecule has 0 spiro atoms. The predicted molar refractivity (Wildman–Crippen MR) is 64.1 cm³/mol. The minimum absolute atomic E-state index is 0.0698. The van der Waals surface area contributed by atoms with E-state index in [1.54, 1.807) is 0 Å². The molecular formula is C11H12FN3O4.